The molecule has 0 bridgehead atoms. The number of nitrogens with zero attached hydrogens (tertiary/aromatic N) is 4. The van der Waals surface area contributed by atoms with E-state index >= 15 is 0 Å². The van der Waals surface area contributed by atoms with Gasteiger partial charge in [0.05, 0.1) is 49.7 Å². The number of methoxy groups -OCH3 is 1. The fraction of sp³-hybridized carbons (Fsp3) is 0.567. The fourth-order valence-electron chi connectivity index (χ4n) is 5.61. The first-order valence-corrected chi connectivity index (χ1v) is 15.9. The Labute approximate surface area is 252 Å². The van der Waals surface area contributed by atoms with Crippen LogP contribution >= 0.6 is 0 Å². The minimum Gasteiger partial charge on any atom is -0.497 e. The van der Waals surface area contributed by atoms with Crippen LogP contribution in [-0.2, 0) is 35.4 Å². The van der Waals surface area contributed by atoms with Gasteiger partial charge in [-0.2, -0.15) is 4.31 Å². The van der Waals surface area contributed by atoms with Gasteiger partial charge in [-0.15, -0.1) is 0 Å². The molecule has 2 saturated heterocycles. The standard InChI is InChI=1S/C30H40N4O8S/c1-20(2)17-34(43(37,38)24-11-9-23(39-3)10-12-24)18-26(35)22(15-21-7-5-4-6-8-21)16-28(36)42-27-13-14-40-30-29(27)25(19-41-30)32-33-31/h4-12,20,22,25-27,29-30,35H,13-19H2,1-3H3/t22-,25+,26-,27+,29+,30+/m1/s1. The van der Waals surface area contributed by atoms with Crippen molar-refractivity contribution in [3.63, 3.8) is 0 Å². The van der Waals surface area contributed by atoms with Gasteiger partial charge in [-0.05, 0) is 47.7 Å². The number of benzene rings is 2. The lowest BCUT2D eigenvalue weighted by Gasteiger charge is -2.34. The van der Waals surface area contributed by atoms with E-state index in [4.69, 9.17) is 24.5 Å². The molecule has 2 aromatic rings. The number of carbonyl (C=O) groups excluding carboxylic acids is 1. The van der Waals surface area contributed by atoms with E-state index in [2.05, 4.69) is 10.0 Å². The number of sulfonamides is 1. The minimum atomic E-state index is -3.96. The highest BCUT2D eigenvalue weighted by molar-refractivity contribution is 7.89. The summed E-state index contributed by atoms with van der Waals surface area (Å²) in [7, 11) is -2.46. The second-order valence-electron chi connectivity index (χ2n) is 11.4. The molecule has 0 radical (unpaired) electrons. The number of ether oxygens (including phenoxy) is 4. The van der Waals surface area contributed by atoms with Crippen molar-refractivity contribution in [3.05, 3.63) is 70.6 Å². The molecule has 0 aliphatic carbocycles. The first kappa shape index (κ1) is 32.7. The number of hydrogen-bond donors (Lipinski definition) is 1. The zero-order valence-corrected chi connectivity index (χ0v) is 25.5. The van der Waals surface area contributed by atoms with E-state index in [0.29, 0.717) is 25.2 Å². The number of hydrogen-bond acceptors (Lipinski definition) is 9. The largest absolute Gasteiger partial charge is 0.497 e. The molecule has 0 aromatic heterocycles. The molecule has 234 valence electrons. The maximum absolute atomic E-state index is 13.7. The van der Waals surface area contributed by atoms with Gasteiger partial charge in [0.15, 0.2) is 6.29 Å². The summed E-state index contributed by atoms with van der Waals surface area (Å²) >= 11 is 0. The molecule has 0 unspecified atom stereocenters. The maximum Gasteiger partial charge on any atom is 0.306 e. The Morgan fingerprint density at radius 1 is 1.14 bits per heavy atom. The molecular weight excluding hydrogens is 576 g/mol. The molecule has 0 saturated carbocycles. The number of aliphatic hydroxyl groups excluding tert-OH is 1. The predicted octanol–water partition coefficient (Wildman–Crippen LogP) is 3.94. The summed E-state index contributed by atoms with van der Waals surface area (Å²) in [6.45, 7) is 4.28. The van der Waals surface area contributed by atoms with Crippen molar-refractivity contribution in [1.82, 2.24) is 4.31 Å². The summed E-state index contributed by atoms with van der Waals surface area (Å²) < 4.78 is 50.9. The smallest absolute Gasteiger partial charge is 0.306 e. The summed E-state index contributed by atoms with van der Waals surface area (Å²) in [6, 6.07) is 15.0. The van der Waals surface area contributed by atoms with Gasteiger partial charge in [0, 0.05) is 30.3 Å². The van der Waals surface area contributed by atoms with Crippen molar-refractivity contribution in [2.75, 3.05) is 33.4 Å². The van der Waals surface area contributed by atoms with Crippen LogP contribution in [0.3, 0.4) is 0 Å². The van der Waals surface area contributed by atoms with E-state index in [1.54, 1.807) is 12.1 Å². The Hall–Kier alpha value is -3.19. The number of esters is 1. The van der Waals surface area contributed by atoms with Crippen molar-refractivity contribution in [3.8, 4) is 5.75 Å². The molecule has 6 atom stereocenters. The topological polar surface area (TPSA) is 160 Å². The zero-order valence-electron chi connectivity index (χ0n) is 24.7. The van der Waals surface area contributed by atoms with Crippen LogP contribution in [-0.4, -0.2) is 81.8 Å². The van der Waals surface area contributed by atoms with Crippen LogP contribution in [0.25, 0.3) is 10.4 Å². The normalized spacial score (nSPS) is 23.3. The Bertz CT molecular complexity index is 1350. The highest BCUT2D eigenvalue weighted by Crippen LogP contribution is 2.35. The number of carbonyl (C=O) groups is 1. The van der Waals surface area contributed by atoms with Gasteiger partial charge in [-0.1, -0.05) is 49.3 Å². The SMILES string of the molecule is COc1ccc(S(=O)(=O)N(CC(C)C)C[C@@H](O)[C@@H](CC(=O)O[C@H]2CCO[C@H]3OC[C@H](N=[N+]=[N-])[C@H]32)Cc2ccccc2)cc1. The van der Waals surface area contributed by atoms with Gasteiger partial charge in [0.2, 0.25) is 10.0 Å². The van der Waals surface area contributed by atoms with Crippen LogP contribution in [0.15, 0.2) is 64.6 Å². The van der Waals surface area contributed by atoms with Crippen LogP contribution in [0.1, 0.15) is 32.3 Å². The molecule has 2 heterocycles. The molecule has 13 heteroatoms. The van der Waals surface area contributed by atoms with Gasteiger partial charge in [-0.3, -0.25) is 4.79 Å². The lowest BCUT2D eigenvalue weighted by molar-refractivity contribution is -0.196. The molecule has 12 nitrogen and oxygen atoms in total. The van der Waals surface area contributed by atoms with Gasteiger partial charge in [-0.25, -0.2) is 8.42 Å². The predicted molar refractivity (Wildman–Crippen MR) is 157 cm³/mol. The molecule has 43 heavy (non-hydrogen) atoms. The lowest BCUT2D eigenvalue weighted by Crippen LogP contribution is -2.45. The molecule has 2 fully saturated rings. The summed E-state index contributed by atoms with van der Waals surface area (Å²) in [6.07, 6.45) is -1.77. The van der Waals surface area contributed by atoms with Crippen molar-refractivity contribution in [2.24, 2.45) is 22.9 Å². The number of aliphatic hydroxyl groups is 1. The van der Waals surface area contributed by atoms with E-state index < -0.39 is 52.4 Å². The molecule has 4 rings (SSSR count). The highest BCUT2D eigenvalue weighted by Gasteiger charge is 2.47. The minimum absolute atomic E-state index is 0.0168. The lowest BCUT2D eigenvalue weighted by atomic mass is 9.90. The Kier molecular flexibility index (Phi) is 11.4. The number of fused-ring (bicyclic) bond motifs is 1. The number of rotatable bonds is 14. The quantitative estimate of drug-likeness (QED) is 0.145. The maximum atomic E-state index is 13.7. The van der Waals surface area contributed by atoms with Crippen molar-refractivity contribution < 1.29 is 37.3 Å². The van der Waals surface area contributed by atoms with Gasteiger partial charge in [0.25, 0.3) is 0 Å². The summed E-state index contributed by atoms with van der Waals surface area (Å²) in [4.78, 5) is 16.3. The van der Waals surface area contributed by atoms with Crippen molar-refractivity contribution >= 4 is 16.0 Å². The van der Waals surface area contributed by atoms with Crippen LogP contribution in [0, 0.1) is 17.8 Å². The third kappa shape index (κ3) is 8.47. The van der Waals surface area contributed by atoms with E-state index in [1.807, 2.05) is 44.2 Å². The molecule has 0 amide bonds. The van der Waals surface area contributed by atoms with Crippen molar-refractivity contribution in [1.29, 1.82) is 0 Å². The molecule has 1 N–H and O–H groups in total. The summed E-state index contributed by atoms with van der Waals surface area (Å²) in [5, 5.41) is 15.3. The average Bonchev–Trinajstić information content (AvgIpc) is 3.40. The molecular formula is C30H40N4O8S. The second-order valence-corrected chi connectivity index (χ2v) is 13.3. The van der Waals surface area contributed by atoms with Crippen molar-refractivity contribution in [2.45, 2.75) is 62.5 Å². The van der Waals surface area contributed by atoms with Crippen LogP contribution < -0.4 is 4.74 Å². The van der Waals surface area contributed by atoms with E-state index in [9.17, 15) is 18.3 Å². The first-order valence-electron chi connectivity index (χ1n) is 14.5. The van der Waals surface area contributed by atoms with Gasteiger partial charge in [0.1, 0.15) is 11.9 Å². The first-order chi connectivity index (χ1) is 20.6. The third-order valence-corrected chi connectivity index (χ3v) is 9.60. The highest BCUT2D eigenvalue weighted by atomic mass is 32.2. The van der Waals surface area contributed by atoms with Crippen LogP contribution in [0.4, 0.5) is 0 Å². The van der Waals surface area contributed by atoms with E-state index in [1.165, 1.54) is 23.5 Å². The average molecular weight is 617 g/mol. The van der Waals surface area contributed by atoms with Crippen LogP contribution in [0.2, 0.25) is 0 Å². The molecule has 2 aliphatic rings. The van der Waals surface area contributed by atoms with Gasteiger partial charge >= 0.3 is 5.97 Å². The second kappa shape index (κ2) is 15.0. The van der Waals surface area contributed by atoms with E-state index in [-0.39, 0.29) is 36.9 Å². The Morgan fingerprint density at radius 2 is 1.86 bits per heavy atom. The third-order valence-electron chi connectivity index (χ3n) is 7.76. The zero-order chi connectivity index (χ0) is 31.0. The van der Waals surface area contributed by atoms with E-state index in [0.717, 1.165) is 5.56 Å². The Balaban J connectivity index is 1.53. The Morgan fingerprint density at radius 3 is 2.51 bits per heavy atom. The fourth-order valence-corrected chi connectivity index (χ4v) is 7.23. The molecule has 0 spiro atoms. The van der Waals surface area contributed by atoms with Gasteiger partial charge < -0.3 is 24.1 Å². The molecule has 2 aliphatic heterocycles. The van der Waals surface area contributed by atoms with Crippen LogP contribution in [0.5, 0.6) is 5.75 Å². The molecule has 2 aromatic carbocycles. The number of azide groups is 1. The summed E-state index contributed by atoms with van der Waals surface area (Å²) in [5.41, 5.74) is 9.85. The summed E-state index contributed by atoms with van der Waals surface area (Å²) in [5.74, 6) is -1.09. The monoisotopic (exact) mass is 616 g/mol.